The largest absolute Gasteiger partial charge is 0.370 e. The summed E-state index contributed by atoms with van der Waals surface area (Å²) < 4.78 is 0. The maximum absolute atomic E-state index is 13.1. The molecule has 2 aliphatic carbocycles. The first kappa shape index (κ1) is 25.4. The lowest BCUT2D eigenvalue weighted by molar-refractivity contribution is -0.127. The zero-order valence-corrected chi connectivity index (χ0v) is 22.0. The summed E-state index contributed by atoms with van der Waals surface area (Å²) in [5.74, 6) is 2.35. The molecule has 9 nitrogen and oxygen atoms in total. The number of likely N-dealkylation sites (N-methyl/N-ethyl adjacent to an activating group) is 1. The lowest BCUT2D eigenvalue weighted by atomic mass is 9.85. The highest BCUT2D eigenvalue weighted by atomic mass is 16.2. The van der Waals surface area contributed by atoms with Crippen molar-refractivity contribution in [2.45, 2.75) is 56.9 Å². The van der Waals surface area contributed by atoms with Crippen molar-refractivity contribution in [3.63, 3.8) is 0 Å². The number of carbonyl (C=O) groups excluding carboxylic acids is 2. The van der Waals surface area contributed by atoms with Crippen LogP contribution in [0.25, 0.3) is 0 Å². The zero-order chi connectivity index (χ0) is 25.8. The first-order chi connectivity index (χ1) is 18.0. The molecule has 0 bridgehead atoms. The Bertz CT molecular complexity index is 1110. The molecule has 1 aliphatic heterocycles. The monoisotopic (exact) mass is 505 g/mol. The minimum absolute atomic E-state index is 0.0600. The van der Waals surface area contributed by atoms with Gasteiger partial charge in [0, 0.05) is 61.1 Å². The molecule has 0 radical (unpaired) electrons. The lowest BCUT2D eigenvalue weighted by Gasteiger charge is -2.24. The van der Waals surface area contributed by atoms with Gasteiger partial charge in [0.2, 0.25) is 11.9 Å². The first-order valence-electron chi connectivity index (χ1n) is 13.7. The molecule has 2 aromatic rings. The molecule has 1 atom stereocenters. The molecular formula is C28H39N7O2. The van der Waals surface area contributed by atoms with E-state index in [1.807, 2.05) is 35.4 Å². The lowest BCUT2D eigenvalue weighted by Crippen LogP contribution is -2.35. The van der Waals surface area contributed by atoms with E-state index in [1.54, 1.807) is 0 Å². The summed E-state index contributed by atoms with van der Waals surface area (Å²) in [7, 11) is 4.13. The average Bonchev–Trinajstić information content (AvgIpc) is 3.57. The number of carbonyl (C=O) groups is 2. The SMILES string of the molecule is CN(C)C1CCN(C(=O)c2cccc(Nc3ncc(C4CC4)c(NCCCNC(=O)C4CCC4)n3)c2)C1. The smallest absolute Gasteiger partial charge is 0.253 e. The van der Waals surface area contributed by atoms with Gasteiger partial charge in [-0.25, -0.2) is 4.98 Å². The predicted molar refractivity (Wildman–Crippen MR) is 145 cm³/mol. The molecule has 1 aromatic carbocycles. The molecule has 5 rings (SSSR count). The molecule has 3 aliphatic rings. The first-order valence-corrected chi connectivity index (χ1v) is 13.7. The highest BCUT2D eigenvalue weighted by Crippen LogP contribution is 2.42. The number of rotatable bonds is 11. The van der Waals surface area contributed by atoms with Crippen LogP contribution in [-0.4, -0.2) is 77.9 Å². The second-order valence-electron chi connectivity index (χ2n) is 10.8. The van der Waals surface area contributed by atoms with Crippen molar-refractivity contribution in [2.24, 2.45) is 5.92 Å². The molecule has 1 saturated heterocycles. The van der Waals surface area contributed by atoms with Crippen LogP contribution in [0, 0.1) is 5.92 Å². The van der Waals surface area contributed by atoms with Crippen molar-refractivity contribution in [2.75, 3.05) is 50.9 Å². The molecule has 1 unspecified atom stereocenters. The van der Waals surface area contributed by atoms with Crippen LogP contribution in [0.5, 0.6) is 0 Å². The molecule has 198 valence electrons. The van der Waals surface area contributed by atoms with E-state index in [-0.39, 0.29) is 17.7 Å². The Kier molecular flexibility index (Phi) is 7.88. The zero-order valence-electron chi connectivity index (χ0n) is 22.0. The Labute approximate surface area is 219 Å². The molecule has 3 N–H and O–H groups in total. The Morgan fingerprint density at radius 2 is 1.95 bits per heavy atom. The maximum atomic E-state index is 13.1. The Balaban J connectivity index is 1.18. The van der Waals surface area contributed by atoms with Crippen molar-refractivity contribution < 1.29 is 9.59 Å². The molecule has 9 heteroatoms. The van der Waals surface area contributed by atoms with Gasteiger partial charge in [0.1, 0.15) is 5.82 Å². The summed E-state index contributed by atoms with van der Waals surface area (Å²) in [6, 6.07) is 7.98. The number of anilines is 3. The molecular weight excluding hydrogens is 466 g/mol. The minimum Gasteiger partial charge on any atom is -0.370 e. The van der Waals surface area contributed by atoms with E-state index in [0.29, 0.717) is 30.0 Å². The second kappa shape index (κ2) is 11.5. The van der Waals surface area contributed by atoms with Crippen LogP contribution in [0.3, 0.4) is 0 Å². The van der Waals surface area contributed by atoms with Gasteiger partial charge in [-0.3, -0.25) is 9.59 Å². The van der Waals surface area contributed by atoms with Gasteiger partial charge in [-0.05, 0) is 76.7 Å². The summed E-state index contributed by atoms with van der Waals surface area (Å²) >= 11 is 0. The Hall–Kier alpha value is -3.20. The van der Waals surface area contributed by atoms with Crippen molar-refractivity contribution in [1.29, 1.82) is 0 Å². The van der Waals surface area contributed by atoms with Crippen LogP contribution < -0.4 is 16.0 Å². The summed E-state index contributed by atoms with van der Waals surface area (Å²) in [5, 5.41) is 9.80. The molecule has 3 fully saturated rings. The van der Waals surface area contributed by atoms with E-state index in [2.05, 4.69) is 39.9 Å². The van der Waals surface area contributed by atoms with E-state index in [9.17, 15) is 9.59 Å². The standard InChI is InChI=1S/C28H39N7O2/c1-34(2)23-12-15-35(18-23)27(37)21-8-4-9-22(16-21)32-28-31-17-24(19-10-11-19)25(33-28)29-13-5-14-30-26(36)20-6-3-7-20/h4,8-9,16-17,19-20,23H,3,5-7,10-15,18H2,1-2H3,(H,30,36)(H2,29,31,32,33). The quantitative estimate of drug-likeness (QED) is 0.401. The summed E-state index contributed by atoms with van der Waals surface area (Å²) in [5.41, 5.74) is 2.61. The number of nitrogens with one attached hydrogen (secondary N) is 3. The van der Waals surface area contributed by atoms with Gasteiger partial charge in [-0.1, -0.05) is 12.5 Å². The molecule has 37 heavy (non-hydrogen) atoms. The van der Waals surface area contributed by atoms with Gasteiger partial charge in [-0.15, -0.1) is 0 Å². The third kappa shape index (κ3) is 6.39. The Morgan fingerprint density at radius 1 is 1.11 bits per heavy atom. The minimum atomic E-state index is 0.0600. The van der Waals surface area contributed by atoms with E-state index < -0.39 is 0 Å². The van der Waals surface area contributed by atoms with Crippen molar-refractivity contribution >= 4 is 29.3 Å². The van der Waals surface area contributed by atoms with Gasteiger partial charge < -0.3 is 25.8 Å². The number of aromatic nitrogens is 2. The van der Waals surface area contributed by atoms with Crippen LogP contribution >= 0.6 is 0 Å². The molecule has 2 amide bonds. The number of nitrogens with zero attached hydrogens (tertiary/aromatic N) is 4. The van der Waals surface area contributed by atoms with Crippen LogP contribution in [0.2, 0.25) is 0 Å². The summed E-state index contributed by atoms with van der Waals surface area (Å²) in [4.78, 5) is 38.6. The Morgan fingerprint density at radius 3 is 2.65 bits per heavy atom. The second-order valence-corrected chi connectivity index (χ2v) is 10.8. The van der Waals surface area contributed by atoms with Crippen molar-refractivity contribution in [3.05, 3.63) is 41.6 Å². The molecule has 0 spiro atoms. The number of amides is 2. The predicted octanol–water partition coefficient (Wildman–Crippen LogP) is 3.59. The molecule has 2 heterocycles. The van der Waals surface area contributed by atoms with Gasteiger partial charge in [0.25, 0.3) is 5.91 Å². The van der Waals surface area contributed by atoms with Gasteiger partial charge >= 0.3 is 0 Å². The highest BCUT2D eigenvalue weighted by Gasteiger charge is 2.29. The average molecular weight is 506 g/mol. The third-order valence-electron chi connectivity index (χ3n) is 7.80. The third-order valence-corrected chi connectivity index (χ3v) is 7.80. The molecule has 1 aromatic heterocycles. The molecule has 2 saturated carbocycles. The fourth-order valence-electron chi connectivity index (χ4n) is 5.00. The number of benzene rings is 1. The summed E-state index contributed by atoms with van der Waals surface area (Å²) in [6.07, 6.45) is 9.30. The van der Waals surface area contributed by atoms with Crippen LogP contribution in [0.1, 0.15) is 66.8 Å². The van der Waals surface area contributed by atoms with Crippen molar-refractivity contribution in [1.82, 2.24) is 25.1 Å². The van der Waals surface area contributed by atoms with E-state index in [1.165, 1.54) is 6.42 Å². The van der Waals surface area contributed by atoms with Gasteiger partial charge in [-0.2, -0.15) is 4.98 Å². The maximum Gasteiger partial charge on any atom is 0.253 e. The number of hydrogen-bond donors (Lipinski definition) is 3. The van der Waals surface area contributed by atoms with E-state index in [0.717, 1.165) is 75.2 Å². The van der Waals surface area contributed by atoms with Gasteiger partial charge in [0.05, 0.1) is 0 Å². The highest BCUT2D eigenvalue weighted by molar-refractivity contribution is 5.95. The number of hydrogen-bond acceptors (Lipinski definition) is 7. The van der Waals surface area contributed by atoms with Crippen LogP contribution in [-0.2, 0) is 4.79 Å². The van der Waals surface area contributed by atoms with Crippen molar-refractivity contribution in [3.8, 4) is 0 Å². The fourth-order valence-corrected chi connectivity index (χ4v) is 5.00. The van der Waals surface area contributed by atoms with Crippen LogP contribution in [0.4, 0.5) is 17.5 Å². The number of likely N-dealkylation sites (tertiary alicyclic amines) is 1. The van der Waals surface area contributed by atoms with Gasteiger partial charge in [0.15, 0.2) is 0 Å². The van der Waals surface area contributed by atoms with Crippen LogP contribution in [0.15, 0.2) is 30.5 Å². The normalized spacial score (nSPS) is 19.5. The van der Waals surface area contributed by atoms with E-state index >= 15 is 0 Å². The fraction of sp³-hybridized carbons (Fsp3) is 0.571. The van der Waals surface area contributed by atoms with E-state index in [4.69, 9.17) is 4.98 Å². The topological polar surface area (TPSA) is 102 Å². The summed E-state index contributed by atoms with van der Waals surface area (Å²) in [6.45, 7) is 2.94.